The number of benzene rings is 6. The molecule has 492 valence electrons. The molecule has 0 aliphatic carbocycles. The first-order valence-corrected chi connectivity index (χ1v) is 34.8. The number of aliphatic carboxylic acids is 3. The van der Waals surface area contributed by atoms with Crippen molar-refractivity contribution >= 4 is 70.6 Å². The van der Waals surface area contributed by atoms with E-state index >= 15 is 0 Å². The Kier molecular flexibility index (Phi) is 31.6. The van der Waals surface area contributed by atoms with Gasteiger partial charge in [0.15, 0.2) is 0 Å². The van der Waals surface area contributed by atoms with Gasteiger partial charge in [-0.05, 0) is 203 Å². The van der Waals surface area contributed by atoms with Crippen LogP contribution in [0.15, 0.2) is 197 Å². The van der Waals surface area contributed by atoms with E-state index in [1.807, 2.05) is 72.8 Å². The number of carboxylic acids is 3. The Bertz CT molecular complexity index is 3340. The largest absolute Gasteiger partial charge is 3.00 e. The fraction of sp³-hybridized carbons (Fsp3) is 0.320. The Morgan fingerprint density at radius 1 is 0.362 bits per heavy atom. The molecule has 9 aromatic rings. The van der Waals surface area contributed by atoms with Crippen LogP contribution < -0.4 is 29.5 Å². The third kappa shape index (κ3) is 22.8. The number of rotatable bonds is 33. The monoisotopic (exact) mass is 1340 g/mol. The van der Waals surface area contributed by atoms with Gasteiger partial charge in [0, 0.05) is 87.9 Å². The van der Waals surface area contributed by atoms with Gasteiger partial charge in [0.1, 0.15) is 55.4 Å². The minimum Gasteiger partial charge on any atom is -0.547 e. The molecule has 0 aliphatic heterocycles. The molecular formula is C75H84AlN3O12S3. The fourth-order valence-electron chi connectivity index (χ4n) is 10.4. The van der Waals surface area contributed by atoms with Crippen LogP contribution in [0.3, 0.4) is 0 Å². The maximum atomic E-state index is 11.1. The zero-order valence-electron chi connectivity index (χ0n) is 55.1. The van der Waals surface area contributed by atoms with Crippen molar-refractivity contribution in [3.05, 3.63) is 216 Å². The predicted molar refractivity (Wildman–Crippen MR) is 373 cm³/mol. The Balaban J connectivity index is 0.000000222. The van der Waals surface area contributed by atoms with Crippen molar-refractivity contribution in [2.75, 3.05) is 58.4 Å². The molecule has 0 fully saturated rings. The molecule has 3 atom stereocenters. The molecule has 6 aromatic carbocycles. The quantitative estimate of drug-likeness (QED) is 0.0279. The topological polar surface area (TPSA) is 191 Å². The van der Waals surface area contributed by atoms with E-state index in [1.165, 1.54) is 65.5 Å². The van der Waals surface area contributed by atoms with Crippen LogP contribution in [0.5, 0.6) is 17.2 Å². The van der Waals surface area contributed by atoms with E-state index in [0.29, 0.717) is 39.6 Å². The van der Waals surface area contributed by atoms with E-state index in [0.717, 1.165) is 53.6 Å². The molecule has 0 N–H and O–H groups in total. The molecule has 3 aromatic heterocycles. The van der Waals surface area contributed by atoms with E-state index in [2.05, 4.69) is 162 Å². The van der Waals surface area contributed by atoms with Crippen molar-refractivity contribution in [3.63, 3.8) is 0 Å². The fourth-order valence-corrected chi connectivity index (χ4v) is 11.7. The maximum Gasteiger partial charge on any atom is 3.00 e. The minimum atomic E-state index is -1.19. The summed E-state index contributed by atoms with van der Waals surface area (Å²) in [5, 5.41) is 33.4. The third-order valence-electron chi connectivity index (χ3n) is 15.4. The van der Waals surface area contributed by atoms with Gasteiger partial charge in [0.05, 0.1) is 37.5 Å². The number of aromatic nitrogens is 3. The SMILES string of the molecule is CCO[C@@H](Cc1ccc(OCCn2c(C)ccc2-c2ccc(SC)cc2)cc1)C(=O)[O-].CCO[C@@H](Cc1ccc(OCCn2c(C)ccc2-c2ccc(SC)cc2)cc1)C(=O)[O-].CCO[C@@H](Cc1ccc(OCCn2c(C)ccc2-c2ccc(SC)cc2)cc1)C(=O)[O-].[Al+3]. The van der Waals surface area contributed by atoms with E-state index in [4.69, 9.17) is 28.4 Å². The summed E-state index contributed by atoms with van der Waals surface area (Å²) in [6, 6.07) is 60.9. The van der Waals surface area contributed by atoms with E-state index in [9.17, 15) is 29.7 Å². The number of aryl methyl sites for hydroxylation is 3. The summed E-state index contributed by atoms with van der Waals surface area (Å²) in [7, 11) is 0. The summed E-state index contributed by atoms with van der Waals surface area (Å²) in [6.07, 6.45) is 4.25. The second-order valence-electron chi connectivity index (χ2n) is 21.6. The standard InChI is InChI=1S/3C25H29NO4S.Al/c3*1-4-29-24(25(27)28)17-19-6-10-21(11-7-19)30-16-15-26-18(2)5-14-23(26)20-8-12-22(31-3)13-9-20;/h3*5-14,24H,4,15-17H2,1-3H3,(H,27,28);/q;;;+3/p-3/t3*24-;/m000./s1. The van der Waals surface area contributed by atoms with Crippen LogP contribution in [0, 0.1) is 20.8 Å². The normalized spacial score (nSPS) is 11.8. The van der Waals surface area contributed by atoms with Crippen LogP contribution >= 0.6 is 35.3 Å². The smallest absolute Gasteiger partial charge is 0.547 e. The van der Waals surface area contributed by atoms with Gasteiger partial charge in [-0.25, -0.2) is 0 Å². The molecule has 0 saturated heterocycles. The first-order chi connectivity index (χ1) is 45.0. The van der Waals surface area contributed by atoms with E-state index in [1.54, 1.807) is 56.1 Å². The molecule has 0 amide bonds. The number of nitrogens with zero attached hydrogens (tertiary/aromatic N) is 3. The Hall–Kier alpha value is -7.57. The van der Waals surface area contributed by atoms with Crippen LogP contribution in [0.2, 0.25) is 0 Å². The van der Waals surface area contributed by atoms with Crippen molar-refractivity contribution in [3.8, 4) is 51.0 Å². The summed E-state index contributed by atoms with van der Waals surface area (Å²) in [6.45, 7) is 16.4. The molecule has 0 aliphatic rings. The Morgan fingerprint density at radius 2 is 0.596 bits per heavy atom. The molecule has 15 nitrogen and oxygen atoms in total. The van der Waals surface area contributed by atoms with Crippen LogP contribution in [0.4, 0.5) is 0 Å². The minimum absolute atomic E-state index is 0. The summed E-state index contributed by atoms with van der Waals surface area (Å²) < 4.78 is 40.2. The first kappa shape index (κ1) is 75.5. The first-order valence-electron chi connectivity index (χ1n) is 31.1. The number of carbonyl (C=O) groups excluding carboxylic acids is 3. The number of carbonyl (C=O) groups is 3. The summed E-state index contributed by atoms with van der Waals surface area (Å²) in [5.41, 5.74) is 13.2. The average Bonchev–Trinajstić information content (AvgIpc) is 1.90. The second kappa shape index (κ2) is 39.3. The van der Waals surface area contributed by atoms with Gasteiger partial charge in [-0.3, -0.25) is 0 Å². The molecule has 0 spiro atoms. The average molecular weight is 1340 g/mol. The number of carboxylic acid groups (broad SMARTS) is 3. The van der Waals surface area contributed by atoms with Crippen molar-refractivity contribution in [1.82, 2.24) is 13.7 Å². The van der Waals surface area contributed by atoms with E-state index < -0.39 is 36.2 Å². The predicted octanol–water partition coefficient (Wildman–Crippen LogP) is 11.5. The Morgan fingerprint density at radius 3 is 0.798 bits per heavy atom. The number of thioether (sulfide) groups is 3. The third-order valence-corrected chi connectivity index (χ3v) is 17.7. The number of ether oxygens (including phenoxy) is 6. The van der Waals surface area contributed by atoms with Crippen LogP contribution in [0.25, 0.3) is 33.8 Å². The summed E-state index contributed by atoms with van der Waals surface area (Å²) in [5.74, 6) is -1.32. The molecule has 0 unspecified atom stereocenters. The second-order valence-corrected chi connectivity index (χ2v) is 24.2. The molecule has 94 heavy (non-hydrogen) atoms. The van der Waals surface area contributed by atoms with Crippen molar-refractivity contribution < 1.29 is 58.1 Å². The van der Waals surface area contributed by atoms with Crippen molar-refractivity contribution in [1.29, 1.82) is 0 Å². The molecule has 3 heterocycles. The van der Waals surface area contributed by atoms with Crippen molar-refractivity contribution in [2.45, 2.75) is 113 Å². The van der Waals surface area contributed by atoms with Crippen molar-refractivity contribution in [2.24, 2.45) is 0 Å². The van der Waals surface area contributed by atoms with Crippen LogP contribution in [-0.2, 0) is 67.5 Å². The van der Waals surface area contributed by atoms with Gasteiger partial charge in [0.2, 0.25) is 0 Å². The molecule has 19 heteroatoms. The van der Waals surface area contributed by atoms with Gasteiger partial charge in [0.25, 0.3) is 0 Å². The van der Waals surface area contributed by atoms with Crippen LogP contribution in [0.1, 0.15) is 54.5 Å². The van der Waals surface area contributed by atoms with Gasteiger partial charge in [-0.15, -0.1) is 35.3 Å². The molecule has 0 saturated carbocycles. The van der Waals surface area contributed by atoms with Gasteiger partial charge in [-0.1, -0.05) is 72.8 Å². The zero-order chi connectivity index (χ0) is 66.7. The molecular weight excluding hydrogens is 1260 g/mol. The Labute approximate surface area is 577 Å². The van der Waals surface area contributed by atoms with E-state index in [-0.39, 0.29) is 36.6 Å². The number of hydrogen-bond donors (Lipinski definition) is 0. The molecule has 0 bridgehead atoms. The summed E-state index contributed by atoms with van der Waals surface area (Å²) >= 11 is 5.21. The maximum absolute atomic E-state index is 11.1. The van der Waals surface area contributed by atoms with Crippen LogP contribution in [-0.4, -0.2) is 126 Å². The van der Waals surface area contributed by atoms with Gasteiger partial charge in [-0.2, -0.15) is 0 Å². The zero-order valence-corrected chi connectivity index (χ0v) is 58.7. The number of hydrogen-bond acceptors (Lipinski definition) is 15. The van der Waals surface area contributed by atoms with Gasteiger partial charge < -0.3 is 71.8 Å². The molecule has 0 radical (unpaired) electrons. The molecule has 9 rings (SSSR count). The summed E-state index contributed by atoms with van der Waals surface area (Å²) in [4.78, 5) is 37.2. The van der Waals surface area contributed by atoms with Gasteiger partial charge >= 0.3 is 17.4 Å².